The van der Waals surface area contributed by atoms with Gasteiger partial charge in [0.25, 0.3) is 0 Å². The summed E-state index contributed by atoms with van der Waals surface area (Å²) in [6.07, 6.45) is 2.25. The third kappa shape index (κ3) is 5.14. The summed E-state index contributed by atoms with van der Waals surface area (Å²) in [7, 11) is 0. The second kappa shape index (κ2) is 7.25. The quantitative estimate of drug-likeness (QED) is 0.745. The van der Waals surface area contributed by atoms with Crippen LogP contribution in [-0.4, -0.2) is 19.0 Å². The minimum Gasteiger partial charge on any atom is -0.356 e. The van der Waals surface area contributed by atoms with Gasteiger partial charge in [-0.05, 0) is 37.1 Å². The number of rotatable bonds is 6. The molecule has 0 spiro atoms. The van der Waals surface area contributed by atoms with Crippen molar-refractivity contribution in [3.63, 3.8) is 0 Å². The van der Waals surface area contributed by atoms with Gasteiger partial charge in [0.1, 0.15) is 0 Å². The number of carbonyl (C=O) groups is 1. The van der Waals surface area contributed by atoms with Crippen molar-refractivity contribution in [2.24, 2.45) is 5.73 Å². The van der Waals surface area contributed by atoms with Gasteiger partial charge in [0, 0.05) is 11.6 Å². The van der Waals surface area contributed by atoms with Crippen molar-refractivity contribution < 1.29 is 4.79 Å². The van der Waals surface area contributed by atoms with E-state index in [1.165, 1.54) is 0 Å². The van der Waals surface area contributed by atoms with Crippen molar-refractivity contribution in [1.29, 1.82) is 0 Å². The topological polar surface area (TPSA) is 55.1 Å². The fourth-order valence-corrected chi connectivity index (χ4v) is 1.60. The van der Waals surface area contributed by atoms with E-state index in [-0.39, 0.29) is 5.91 Å². The molecule has 0 radical (unpaired) electrons. The Bertz CT molecular complexity index is 342. The molecular weight excluding hydrogens is 224 g/mol. The molecule has 4 heteroatoms. The Balaban J connectivity index is 2.29. The van der Waals surface area contributed by atoms with Crippen LogP contribution in [0.1, 0.15) is 18.4 Å². The highest BCUT2D eigenvalue weighted by Gasteiger charge is 2.02. The van der Waals surface area contributed by atoms with Crippen LogP contribution in [0, 0.1) is 0 Å². The third-order valence-electron chi connectivity index (χ3n) is 2.21. The van der Waals surface area contributed by atoms with E-state index in [2.05, 4.69) is 5.32 Å². The van der Waals surface area contributed by atoms with Crippen LogP contribution in [0.5, 0.6) is 0 Å². The second-order valence-electron chi connectivity index (χ2n) is 3.65. The molecule has 88 valence electrons. The molecule has 0 atom stereocenters. The number of carbonyl (C=O) groups excluding carboxylic acids is 1. The first-order valence-corrected chi connectivity index (χ1v) is 5.81. The minimum atomic E-state index is 0.0271. The number of benzene rings is 1. The van der Waals surface area contributed by atoms with E-state index in [4.69, 9.17) is 17.3 Å². The van der Waals surface area contributed by atoms with Gasteiger partial charge < -0.3 is 11.1 Å². The van der Waals surface area contributed by atoms with E-state index in [1.807, 2.05) is 12.1 Å². The van der Waals surface area contributed by atoms with Crippen LogP contribution in [0.15, 0.2) is 24.3 Å². The SMILES string of the molecule is NCCCCNC(=O)Cc1cccc(Cl)c1. The van der Waals surface area contributed by atoms with Crippen molar-refractivity contribution in [2.45, 2.75) is 19.3 Å². The van der Waals surface area contributed by atoms with E-state index in [0.717, 1.165) is 18.4 Å². The van der Waals surface area contributed by atoms with Gasteiger partial charge >= 0.3 is 0 Å². The molecule has 0 saturated heterocycles. The summed E-state index contributed by atoms with van der Waals surface area (Å²) in [4.78, 5) is 11.5. The first kappa shape index (κ1) is 13.0. The Morgan fingerprint density at radius 3 is 2.88 bits per heavy atom. The molecule has 0 unspecified atom stereocenters. The lowest BCUT2D eigenvalue weighted by Gasteiger charge is -2.04. The van der Waals surface area contributed by atoms with Crippen LogP contribution in [0.3, 0.4) is 0 Å². The van der Waals surface area contributed by atoms with Gasteiger partial charge in [-0.15, -0.1) is 0 Å². The highest BCUT2D eigenvalue weighted by Crippen LogP contribution is 2.10. The number of hydrogen-bond donors (Lipinski definition) is 2. The van der Waals surface area contributed by atoms with Gasteiger partial charge in [0.2, 0.25) is 5.91 Å². The summed E-state index contributed by atoms with van der Waals surface area (Å²) in [6.45, 7) is 1.36. The number of unbranched alkanes of at least 4 members (excludes halogenated alkanes) is 1. The molecule has 1 rings (SSSR count). The molecule has 0 heterocycles. The van der Waals surface area contributed by atoms with Crippen molar-refractivity contribution in [3.8, 4) is 0 Å². The summed E-state index contributed by atoms with van der Waals surface area (Å²) in [5, 5.41) is 3.51. The largest absolute Gasteiger partial charge is 0.356 e. The molecule has 16 heavy (non-hydrogen) atoms. The zero-order valence-corrected chi connectivity index (χ0v) is 9.96. The lowest BCUT2D eigenvalue weighted by molar-refractivity contribution is -0.120. The molecule has 1 aromatic carbocycles. The van der Waals surface area contributed by atoms with Crippen molar-refractivity contribution in [2.75, 3.05) is 13.1 Å². The first-order chi connectivity index (χ1) is 7.72. The zero-order valence-electron chi connectivity index (χ0n) is 9.21. The Morgan fingerprint density at radius 1 is 1.38 bits per heavy atom. The number of nitrogens with two attached hydrogens (primary N) is 1. The number of hydrogen-bond acceptors (Lipinski definition) is 2. The highest BCUT2D eigenvalue weighted by atomic mass is 35.5. The summed E-state index contributed by atoms with van der Waals surface area (Å²) < 4.78 is 0. The zero-order chi connectivity index (χ0) is 11.8. The smallest absolute Gasteiger partial charge is 0.224 e. The average molecular weight is 241 g/mol. The molecule has 0 aliphatic heterocycles. The average Bonchev–Trinajstić information content (AvgIpc) is 2.24. The first-order valence-electron chi connectivity index (χ1n) is 5.43. The fourth-order valence-electron chi connectivity index (χ4n) is 1.39. The minimum absolute atomic E-state index is 0.0271. The molecular formula is C12H17ClN2O. The maximum Gasteiger partial charge on any atom is 0.224 e. The normalized spacial score (nSPS) is 10.1. The summed E-state index contributed by atoms with van der Waals surface area (Å²) in [6, 6.07) is 7.34. The number of amides is 1. The number of halogens is 1. The second-order valence-corrected chi connectivity index (χ2v) is 4.09. The molecule has 0 saturated carbocycles. The van der Waals surface area contributed by atoms with Gasteiger partial charge in [-0.3, -0.25) is 4.79 Å². The van der Waals surface area contributed by atoms with E-state index >= 15 is 0 Å². The molecule has 3 nitrogen and oxygen atoms in total. The molecule has 0 aliphatic rings. The van der Waals surface area contributed by atoms with Gasteiger partial charge in [-0.1, -0.05) is 23.7 Å². The van der Waals surface area contributed by atoms with Gasteiger partial charge in [0.05, 0.1) is 6.42 Å². The van der Waals surface area contributed by atoms with Crippen molar-refractivity contribution >= 4 is 17.5 Å². The van der Waals surface area contributed by atoms with Crippen LogP contribution in [0.2, 0.25) is 5.02 Å². The Kier molecular flexibility index (Phi) is 5.90. The molecule has 0 bridgehead atoms. The predicted octanol–water partition coefficient (Wildman–Crippen LogP) is 1.74. The Labute approximate surface area is 101 Å². The lowest BCUT2D eigenvalue weighted by Crippen LogP contribution is -2.26. The molecule has 0 aliphatic carbocycles. The molecule has 0 aromatic heterocycles. The van der Waals surface area contributed by atoms with Crippen molar-refractivity contribution in [3.05, 3.63) is 34.9 Å². The third-order valence-corrected chi connectivity index (χ3v) is 2.44. The van der Waals surface area contributed by atoms with Crippen LogP contribution < -0.4 is 11.1 Å². The summed E-state index contributed by atoms with van der Waals surface area (Å²) >= 11 is 5.83. The molecule has 1 amide bonds. The Morgan fingerprint density at radius 2 is 2.19 bits per heavy atom. The highest BCUT2D eigenvalue weighted by molar-refractivity contribution is 6.30. The predicted molar refractivity (Wildman–Crippen MR) is 66.5 cm³/mol. The molecule has 3 N–H and O–H groups in total. The monoisotopic (exact) mass is 240 g/mol. The van der Waals surface area contributed by atoms with E-state index in [1.54, 1.807) is 12.1 Å². The standard InChI is InChI=1S/C12H17ClN2O/c13-11-5-3-4-10(8-11)9-12(16)15-7-2-1-6-14/h3-5,8H,1-2,6-7,9,14H2,(H,15,16). The summed E-state index contributed by atoms with van der Waals surface area (Å²) in [5.74, 6) is 0.0271. The summed E-state index contributed by atoms with van der Waals surface area (Å²) in [5.41, 5.74) is 6.29. The van der Waals surface area contributed by atoms with Crippen LogP contribution in [-0.2, 0) is 11.2 Å². The lowest BCUT2D eigenvalue weighted by atomic mass is 10.1. The van der Waals surface area contributed by atoms with E-state index in [0.29, 0.717) is 24.5 Å². The maximum atomic E-state index is 11.5. The van der Waals surface area contributed by atoms with Crippen molar-refractivity contribution in [1.82, 2.24) is 5.32 Å². The van der Waals surface area contributed by atoms with Gasteiger partial charge in [-0.2, -0.15) is 0 Å². The van der Waals surface area contributed by atoms with Gasteiger partial charge in [0.15, 0.2) is 0 Å². The van der Waals surface area contributed by atoms with E-state index < -0.39 is 0 Å². The fraction of sp³-hybridized carbons (Fsp3) is 0.417. The Hall–Kier alpha value is -1.06. The van der Waals surface area contributed by atoms with Crippen LogP contribution in [0.25, 0.3) is 0 Å². The number of nitrogens with one attached hydrogen (secondary N) is 1. The molecule has 0 fully saturated rings. The van der Waals surface area contributed by atoms with E-state index in [9.17, 15) is 4.79 Å². The maximum absolute atomic E-state index is 11.5. The van der Waals surface area contributed by atoms with Crippen LogP contribution >= 0.6 is 11.6 Å². The van der Waals surface area contributed by atoms with Gasteiger partial charge in [-0.25, -0.2) is 0 Å². The molecule has 1 aromatic rings. The van der Waals surface area contributed by atoms with Crippen LogP contribution in [0.4, 0.5) is 0 Å².